The third-order valence-corrected chi connectivity index (χ3v) is 2.15. The van der Waals surface area contributed by atoms with Crippen molar-refractivity contribution in [1.29, 1.82) is 0 Å². The number of rotatable bonds is 2. The third kappa shape index (κ3) is 1.86. The van der Waals surface area contributed by atoms with Crippen LogP contribution in [0.5, 0.6) is 0 Å². The van der Waals surface area contributed by atoms with E-state index in [0.29, 0.717) is 5.69 Å². The predicted octanol–water partition coefficient (Wildman–Crippen LogP) is -0.295. The van der Waals surface area contributed by atoms with E-state index in [2.05, 4.69) is 15.5 Å². The van der Waals surface area contributed by atoms with Gasteiger partial charge in [-0.2, -0.15) is 5.10 Å². The van der Waals surface area contributed by atoms with E-state index in [1.165, 1.54) is 6.07 Å². The Morgan fingerprint density at radius 1 is 1.62 bits per heavy atom. The predicted molar refractivity (Wildman–Crippen MR) is 47.5 cm³/mol. The van der Waals surface area contributed by atoms with Crippen molar-refractivity contribution in [2.75, 3.05) is 5.32 Å². The highest BCUT2D eigenvalue weighted by Crippen LogP contribution is 2.22. The molecule has 1 saturated carbocycles. The molecule has 1 aromatic heterocycles. The summed E-state index contributed by atoms with van der Waals surface area (Å²) in [4.78, 5) is 10.8. The van der Waals surface area contributed by atoms with E-state index in [4.69, 9.17) is 5.11 Å². The molecule has 1 aliphatic rings. The highest BCUT2D eigenvalue weighted by Gasteiger charge is 2.26. The summed E-state index contributed by atoms with van der Waals surface area (Å²) in [6.45, 7) is 0. The number of nitrogens with zero attached hydrogens (tertiary/aromatic N) is 1. The molecule has 0 aliphatic heterocycles. The maximum Gasteiger partial charge on any atom is 0.266 e. The summed E-state index contributed by atoms with van der Waals surface area (Å²) in [6, 6.07) is 1.73. The molecule has 5 heteroatoms. The lowest BCUT2D eigenvalue weighted by Crippen LogP contribution is -2.39. The number of aromatic amines is 1. The van der Waals surface area contributed by atoms with Crippen molar-refractivity contribution in [3.8, 4) is 0 Å². The van der Waals surface area contributed by atoms with Crippen LogP contribution >= 0.6 is 0 Å². The van der Waals surface area contributed by atoms with Crippen molar-refractivity contribution >= 4 is 5.69 Å². The Morgan fingerprint density at radius 2 is 2.38 bits per heavy atom. The first-order valence-corrected chi connectivity index (χ1v) is 4.23. The van der Waals surface area contributed by atoms with Crippen molar-refractivity contribution < 1.29 is 5.11 Å². The second-order valence-electron chi connectivity index (χ2n) is 3.30. The fourth-order valence-corrected chi connectivity index (χ4v) is 1.40. The van der Waals surface area contributed by atoms with E-state index in [9.17, 15) is 4.79 Å². The lowest BCUT2D eigenvalue weighted by atomic mass is 9.89. The molecule has 1 aliphatic carbocycles. The number of H-pyrrole nitrogens is 1. The Hall–Kier alpha value is -1.36. The number of hydrogen-bond acceptors (Lipinski definition) is 4. The van der Waals surface area contributed by atoms with Gasteiger partial charge in [-0.1, -0.05) is 0 Å². The van der Waals surface area contributed by atoms with Gasteiger partial charge in [-0.15, -0.1) is 0 Å². The van der Waals surface area contributed by atoms with Gasteiger partial charge in [-0.05, 0) is 12.8 Å². The molecule has 0 aromatic carbocycles. The highest BCUT2D eigenvalue weighted by atomic mass is 16.3. The smallest absolute Gasteiger partial charge is 0.266 e. The molecule has 0 bridgehead atoms. The van der Waals surface area contributed by atoms with Crippen LogP contribution in [0.2, 0.25) is 0 Å². The summed E-state index contributed by atoms with van der Waals surface area (Å²) >= 11 is 0. The van der Waals surface area contributed by atoms with E-state index < -0.39 is 0 Å². The number of anilines is 1. The number of hydrogen-bond donors (Lipinski definition) is 3. The lowest BCUT2D eigenvalue weighted by molar-refractivity contribution is 0.0836. The molecule has 3 N–H and O–H groups in total. The average molecular weight is 181 g/mol. The topological polar surface area (TPSA) is 78.0 Å². The van der Waals surface area contributed by atoms with Gasteiger partial charge in [0.15, 0.2) is 0 Å². The van der Waals surface area contributed by atoms with Gasteiger partial charge in [-0.3, -0.25) is 4.79 Å². The van der Waals surface area contributed by atoms with Gasteiger partial charge in [0, 0.05) is 12.1 Å². The van der Waals surface area contributed by atoms with E-state index >= 15 is 0 Å². The number of aliphatic hydroxyl groups excluding tert-OH is 1. The van der Waals surface area contributed by atoms with Crippen molar-refractivity contribution in [3.05, 3.63) is 22.6 Å². The molecule has 1 heterocycles. The zero-order chi connectivity index (χ0) is 9.26. The second-order valence-corrected chi connectivity index (χ2v) is 3.30. The lowest BCUT2D eigenvalue weighted by Gasteiger charge is -2.32. The normalized spacial score (nSPS) is 26.5. The van der Waals surface area contributed by atoms with E-state index in [0.717, 1.165) is 12.8 Å². The number of nitrogens with one attached hydrogen (secondary N) is 2. The molecule has 0 amide bonds. The largest absolute Gasteiger partial charge is 0.393 e. The van der Waals surface area contributed by atoms with Gasteiger partial charge >= 0.3 is 0 Å². The van der Waals surface area contributed by atoms with Gasteiger partial charge in [0.2, 0.25) is 0 Å². The molecule has 1 fully saturated rings. The molecule has 1 aromatic rings. The van der Waals surface area contributed by atoms with Crippen LogP contribution in [0.15, 0.2) is 17.1 Å². The molecular formula is C8H11N3O2. The number of aliphatic hydroxyl groups is 1. The highest BCUT2D eigenvalue weighted by molar-refractivity contribution is 5.40. The van der Waals surface area contributed by atoms with Crippen LogP contribution in [0, 0.1) is 0 Å². The molecule has 70 valence electrons. The van der Waals surface area contributed by atoms with E-state index in [1.54, 1.807) is 6.20 Å². The monoisotopic (exact) mass is 181 g/mol. The van der Waals surface area contributed by atoms with Gasteiger partial charge in [0.25, 0.3) is 5.56 Å². The van der Waals surface area contributed by atoms with Gasteiger partial charge in [0.1, 0.15) is 0 Å². The van der Waals surface area contributed by atoms with Gasteiger partial charge < -0.3 is 10.4 Å². The van der Waals surface area contributed by atoms with Crippen LogP contribution in [-0.4, -0.2) is 27.4 Å². The quantitative estimate of drug-likeness (QED) is 0.585. The molecule has 2 rings (SSSR count). The second kappa shape index (κ2) is 3.18. The van der Waals surface area contributed by atoms with Crippen LogP contribution < -0.4 is 10.9 Å². The van der Waals surface area contributed by atoms with Crippen molar-refractivity contribution in [3.63, 3.8) is 0 Å². The van der Waals surface area contributed by atoms with Gasteiger partial charge in [0.05, 0.1) is 18.0 Å². The maximum absolute atomic E-state index is 10.8. The molecular weight excluding hydrogens is 170 g/mol. The molecule has 0 spiro atoms. The van der Waals surface area contributed by atoms with Crippen LogP contribution in [0.25, 0.3) is 0 Å². The minimum atomic E-state index is -0.218. The fourth-order valence-electron chi connectivity index (χ4n) is 1.40. The summed E-state index contributed by atoms with van der Waals surface area (Å²) in [5.41, 5.74) is 0.491. The Labute approximate surface area is 74.8 Å². The molecule has 0 unspecified atom stereocenters. The Morgan fingerprint density at radius 3 is 3.00 bits per heavy atom. The molecule has 0 atom stereocenters. The minimum absolute atomic E-state index is 0.188. The summed E-state index contributed by atoms with van der Waals surface area (Å²) < 4.78 is 0. The first-order chi connectivity index (χ1) is 6.24. The van der Waals surface area contributed by atoms with Crippen LogP contribution in [-0.2, 0) is 0 Å². The zero-order valence-corrected chi connectivity index (χ0v) is 7.03. The van der Waals surface area contributed by atoms with E-state index in [-0.39, 0.29) is 17.7 Å². The molecule has 5 nitrogen and oxygen atoms in total. The summed E-state index contributed by atoms with van der Waals surface area (Å²) in [6.07, 6.45) is 2.86. The average Bonchev–Trinajstić information content (AvgIpc) is 2.01. The van der Waals surface area contributed by atoms with Crippen molar-refractivity contribution in [2.24, 2.45) is 0 Å². The standard InChI is InChI=1S/C8H11N3O2/c12-7-1-5(2-7)10-6-3-8(13)11-9-4-6/h3-5,7,12H,1-2H2,(H2,10,11,13). The Kier molecular flexibility index (Phi) is 2.02. The summed E-state index contributed by atoms with van der Waals surface area (Å²) in [5, 5.41) is 18.1. The van der Waals surface area contributed by atoms with Crippen LogP contribution in [0.1, 0.15) is 12.8 Å². The Balaban J connectivity index is 1.98. The first kappa shape index (κ1) is 8.25. The van der Waals surface area contributed by atoms with E-state index in [1.807, 2.05) is 0 Å². The Bertz CT molecular complexity index is 343. The first-order valence-electron chi connectivity index (χ1n) is 4.23. The summed E-state index contributed by atoms with van der Waals surface area (Å²) in [7, 11) is 0. The van der Waals surface area contributed by atoms with Crippen LogP contribution in [0.3, 0.4) is 0 Å². The zero-order valence-electron chi connectivity index (χ0n) is 7.03. The van der Waals surface area contributed by atoms with Gasteiger partial charge in [-0.25, -0.2) is 5.10 Å². The third-order valence-electron chi connectivity index (χ3n) is 2.15. The molecule has 0 saturated heterocycles. The maximum atomic E-state index is 10.8. The van der Waals surface area contributed by atoms with Crippen LogP contribution in [0.4, 0.5) is 5.69 Å². The SMILES string of the molecule is O=c1cc(NC2CC(O)C2)cn[nH]1. The van der Waals surface area contributed by atoms with Crippen molar-refractivity contribution in [1.82, 2.24) is 10.2 Å². The fraction of sp³-hybridized carbons (Fsp3) is 0.500. The minimum Gasteiger partial charge on any atom is -0.393 e. The number of aromatic nitrogens is 2. The molecule has 13 heavy (non-hydrogen) atoms. The van der Waals surface area contributed by atoms with Crippen molar-refractivity contribution in [2.45, 2.75) is 25.0 Å². The summed E-state index contributed by atoms with van der Waals surface area (Å²) in [5.74, 6) is 0. The molecule has 0 radical (unpaired) electrons.